The molecule has 146 valence electrons. The highest BCUT2D eigenvalue weighted by molar-refractivity contribution is 5.99. The summed E-state index contributed by atoms with van der Waals surface area (Å²) in [6.07, 6.45) is 2.64. The van der Waals surface area contributed by atoms with Gasteiger partial charge in [0.25, 0.3) is 5.91 Å². The number of piperidine rings is 1. The molecule has 3 amide bonds. The van der Waals surface area contributed by atoms with E-state index in [1.54, 1.807) is 23.1 Å². The van der Waals surface area contributed by atoms with Crippen molar-refractivity contribution < 1.29 is 19.5 Å². The van der Waals surface area contributed by atoms with Gasteiger partial charge in [0.1, 0.15) is 0 Å². The Kier molecular flexibility index (Phi) is 5.68. The van der Waals surface area contributed by atoms with Crippen LogP contribution in [0.15, 0.2) is 18.2 Å². The molecule has 27 heavy (non-hydrogen) atoms. The number of benzene rings is 1. The van der Waals surface area contributed by atoms with Crippen molar-refractivity contribution in [2.45, 2.75) is 33.1 Å². The lowest BCUT2D eigenvalue weighted by atomic mass is 9.91. The van der Waals surface area contributed by atoms with Gasteiger partial charge in [0.2, 0.25) is 0 Å². The maximum absolute atomic E-state index is 12.7. The lowest BCUT2D eigenvalue weighted by Crippen LogP contribution is -2.47. The van der Waals surface area contributed by atoms with Crippen LogP contribution in [-0.4, -0.2) is 59.0 Å². The molecule has 2 saturated heterocycles. The fraction of sp³-hybridized carbons (Fsp3) is 0.550. The van der Waals surface area contributed by atoms with E-state index in [0.717, 1.165) is 31.5 Å². The van der Waals surface area contributed by atoms with Gasteiger partial charge in [-0.3, -0.25) is 9.59 Å². The predicted octanol–water partition coefficient (Wildman–Crippen LogP) is 2.81. The number of aliphatic carboxylic acids is 1. The van der Waals surface area contributed by atoms with Crippen molar-refractivity contribution in [3.05, 3.63) is 29.3 Å². The van der Waals surface area contributed by atoms with E-state index in [4.69, 9.17) is 0 Å². The molecular weight excluding hydrogens is 346 g/mol. The highest BCUT2D eigenvalue weighted by Crippen LogP contribution is 2.25. The van der Waals surface area contributed by atoms with Crippen LogP contribution in [0.1, 0.15) is 42.1 Å². The second-order valence-corrected chi connectivity index (χ2v) is 7.69. The van der Waals surface area contributed by atoms with Crippen LogP contribution in [0.25, 0.3) is 0 Å². The third-order valence-corrected chi connectivity index (χ3v) is 5.50. The van der Waals surface area contributed by atoms with Crippen molar-refractivity contribution in [2.75, 3.05) is 31.5 Å². The van der Waals surface area contributed by atoms with Crippen LogP contribution >= 0.6 is 0 Å². The van der Waals surface area contributed by atoms with Crippen LogP contribution in [0.5, 0.6) is 0 Å². The number of carbonyl (C=O) groups is 3. The van der Waals surface area contributed by atoms with Crippen LogP contribution in [-0.2, 0) is 4.79 Å². The van der Waals surface area contributed by atoms with Gasteiger partial charge in [-0.25, -0.2) is 4.79 Å². The van der Waals surface area contributed by atoms with E-state index in [1.165, 1.54) is 0 Å². The van der Waals surface area contributed by atoms with Crippen molar-refractivity contribution in [1.82, 2.24) is 9.80 Å². The molecular formula is C20H27N3O4. The molecule has 2 heterocycles. The van der Waals surface area contributed by atoms with E-state index in [9.17, 15) is 19.5 Å². The van der Waals surface area contributed by atoms with Gasteiger partial charge < -0.3 is 20.2 Å². The molecule has 7 nitrogen and oxygen atoms in total. The number of urea groups is 1. The average Bonchev–Trinajstić information content (AvgIpc) is 3.17. The maximum atomic E-state index is 12.7. The average molecular weight is 373 g/mol. The van der Waals surface area contributed by atoms with E-state index in [0.29, 0.717) is 24.2 Å². The standard InChI is InChI=1S/C20H27N3O4/c1-13-10-15(19(25)26)12-23(11-13)20(27)21-17-7-5-6-16(14(17)2)18(24)22-8-3-4-9-22/h5-7,13,15H,3-4,8-12H2,1-2H3,(H,21,27)(H,25,26). The molecule has 2 atom stereocenters. The highest BCUT2D eigenvalue weighted by atomic mass is 16.4. The number of nitrogens with one attached hydrogen (secondary N) is 1. The van der Waals surface area contributed by atoms with Gasteiger partial charge in [0, 0.05) is 37.4 Å². The van der Waals surface area contributed by atoms with E-state index in [-0.39, 0.29) is 24.4 Å². The molecule has 0 radical (unpaired) electrons. The summed E-state index contributed by atoms with van der Waals surface area (Å²) in [7, 11) is 0. The molecule has 0 aromatic heterocycles. The zero-order valence-electron chi connectivity index (χ0n) is 15.9. The van der Waals surface area contributed by atoms with Crippen molar-refractivity contribution in [3.63, 3.8) is 0 Å². The second-order valence-electron chi connectivity index (χ2n) is 7.69. The van der Waals surface area contributed by atoms with Crippen LogP contribution < -0.4 is 5.32 Å². The van der Waals surface area contributed by atoms with Gasteiger partial charge in [-0.2, -0.15) is 0 Å². The number of carbonyl (C=O) groups excluding carboxylic acids is 2. The molecule has 0 spiro atoms. The van der Waals surface area contributed by atoms with Crippen LogP contribution in [0.4, 0.5) is 10.5 Å². The lowest BCUT2D eigenvalue weighted by Gasteiger charge is -2.34. The van der Waals surface area contributed by atoms with Crippen molar-refractivity contribution in [2.24, 2.45) is 11.8 Å². The Bertz CT molecular complexity index is 743. The second kappa shape index (κ2) is 7.98. The zero-order chi connectivity index (χ0) is 19.6. The first-order valence-electron chi connectivity index (χ1n) is 9.54. The summed E-state index contributed by atoms with van der Waals surface area (Å²) >= 11 is 0. The third-order valence-electron chi connectivity index (χ3n) is 5.50. The Balaban J connectivity index is 1.73. The Hall–Kier alpha value is -2.57. The number of nitrogens with zero attached hydrogens (tertiary/aromatic N) is 2. The lowest BCUT2D eigenvalue weighted by molar-refractivity contribution is -0.143. The topological polar surface area (TPSA) is 90.0 Å². The number of hydrogen-bond acceptors (Lipinski definition) is 3. The third kappa shape index (κ3) is 4.23. The van der Waals surface area contributed by atoms with Crippen LogP contribution in [0.2, 0.25) is 0 Å². The first-order valence-corrected chi connectivity index (χ1v) is 9.54. The molecule has 1 aromatic carbocycles. The van der Waals surface area contributed by atoms with Crippen molar-refractivity contribution in [3.8, 4) is 0 Å². The minimum Gasteiger partial charge on any atom is -0.481 e. The maximum Gasteiger partial charge on any atom is 0.321 e. The first-order chi connectivity index (χ1) is 12.9. The Morgan fingerprint density at radius 2 is 1.81 bits per heavy atom. The number of rotatable bonds is 3. The molecule has 7 heteroatoms. The number of likely N-dealkylation sites (tertiary alicyclic amines) is 2. The van der Waals surface area contributed by atoms with Gasteiger partial charge >= 0.3 is 12.0 Å². The molecule has 2 fully saturated rings. The first kappa shape index (κ1) is 19.2. The number of carboxylic acid groups (broad SMARTS) is 1. The van der Waals surface area contributed by atoms with Gasteiger partial charge in [0.15, 0.2) is 0 Å². The summed E-state index contributed by atoms with van der Waals surface area (Å²) in [6, 6.07) is 5.01. The Morgan fingerprint density at radius 3 is 2.48 bits per heavy atom. The van der Waals surface area contributed by atoms with E-state index in [1.807, 2.05) is 18.7 Å². The fourth-order valence-corrected chi connectivity index (χ4v) is 3.98. The summed E-state index contributed by atoms with van der Waals surface area (Å²) in [5.41, 5.74) is 1.93. The minimum absolute atomic E-state index is 0.00126. The number of hydrogen-bond donors (Lipinski definition) is 2. The number of anilines is 1. The fourth-order valence-electron chi connectivity index (χ4n) is 3.98. The summed E-state index contributed by atoms with van der Waals surface area (Å²) in [6.45, 7) is 6.07. The van der Waals surface area contributed by atoms with E-state index < -0.39 is 11.9 Å². The van der Waals surface area contributed by atoms with Crippen LogP contribution in [0.3, 0.4) is 0 Å². The highest BCUT2D eigenvalue weighted by Gasteiger charge is 2.32. The monoisotopic (exact) mass is 373 g/mol. The largest absolute Gasteiger partial charge is 0.481 e. The van der Waals surface area contributed by atoms with Crippen molar-refractivity contribution >= 4 is 23.6 Å². The summed E-state index contributed by atoms with van der Waals surface area (Å²) in [5.74, 6) is -1.27. The predicted molar refractivity (Wildman–Crippen MR) is 102 cm³/mol. The molecule has 0 saturated carbocycles. The van der Waals surface area contributed by atoms with Crippen LogP contribution in [0, 0.1) is 18.8 Å². The summed E-state index contributed by atoms with van der Waals surface area (Å²) < 4.78 is 0. The SMILES string of the molecule is Cc1c(NC(=O)N2CC(C)CC(C(=O)O)C2)cccc1C(=O)N1CCCC1. The van der Waals surface area contributed by atoms with Crippen molar-refractivity contribution in [1.29, 1.82) is 0 Å². The molecule has 1 aromatic rings. The molecule has 3 rings (SSSR count). The van der Waals surface area contributed by atoms with E-state index in [2.05, 4.69) is 5.32 Å². The minimum atomic E-state index is -0.867. The summed E-state index contributed by atoms with van der Waals surface area (Å²) in [4.78, 5) is 40.1. The molecule has 2 unspecified atom stereocenters. The molecule has 2 aliphatic rings. The van der Waals surface area contributed by atoms with Gasteiger partial charge in [-0.15, -0.1) is 0 Å². The van der Waals surface area contributed by atoms with Gasteiger partial charge in [-0.1, -0.05) is 13.0 Å². The van der Waals surface area contributed by atoms with Gasteiger partial charge in [-0.05, 0) is 49.8 Å². The normalized spacial score (nSPS) is 22.6. The molecule has 2 aliphatic heterocycles. The number of amides is 3. The Morgan fingerprint density at radius 1 is 1.11 bits per heavy atom. The smallest absolute Gasteiger partial charge is 0.321 e. The molecule has 0 aliphatic carbocycles. The van der Waals surface area contributed by atoms with E-state index >= 15 is 0 Å². The zero-order valence-corrected chi connectivity index (χ0v) is 15.9. The molecule has 2 N–H and O–H groups in total. The molecule has 0 bridgehead atoms. The Labute approximate surface area is 159 Å². The van der Waals surface area contributed by atoms with Gasteiger partial charge in [0.05, 0.1) is 5.92 Å². The summed E-state index contributed by atoms with van der Waals surface area (Å²) in [5, 5.41) is 12.2. The number of carboxylic acids is 1. The quantitative estimate of drug-likeness (QED) is 0.852.